The molecule has 0 spiro atoms. The monoisotopic (exact) mass is 339 g/mol. The minimum Gasteiger partial charge on any atom is -0.323 e. The van der Waals surface area contributed by atoms with Crippen LogP contribution in [-0.4, -0.2) is 25.5 Å². The second-order valence-corrected chi connectivity index (χ2v) is 5.62. The molecule has 108 valence electrons. The summed E-state index contributed by atoms with van der Waals surface area (Å²) in [5, 5.41) is 11.4. The standard InChI is InChI=1S/C13H18BrN5O/c1-8-13(10(3)18(4)17-8)16-12(20)5-6-19-9(2)11(14)7-15-19/h7H,5-6H2,1-4H3,(H,16,20). The fourth-order valence-corrected chi connectivity index (χ4v) is 2.31. The highest BCUT2D eigenvalue weighted by Crippen LogP contribution is 2.19. The van der Waals surface area contributed by atoms with Gasteiger partial charge in [0.15, 0.2) is 0 Å². The summed E-state index contributed by atoms with van der Waals surface area (Å²) in [4.78, 5) is 12.0. The average molecular weight is 340 g/mol. The zero-order chi connectivity index (χ0) is 14.9. The molecule has 0 aliphatic carbocycles. The summed E-state index contributed by atoms with van der Waals surface area (Å²) in [5.41, 5.74) is 3.60. The van der Waals surface area contributed by atoms with Gasteiger partial charge in [-0.05, 0) is 36.7 Å². The largest absolute Gasteiger partial charge is 0.323 e. The van der Waals surface area contributed by atoms with Gasteiger partial charge in [-0.2, -0.15) is 10.2 Å². The van der Waals surface area contributed by atoms with E-state index in [0.29, 0.717) is 13.0 Å². The Morgan fingerprint density at radius 2 is 2.05 bits per heavy atom. The van der Waals surface area contributed by atoms with Gasteiger partial charge in [0, 0.05) is 19.2 Å². The van der Waals surface area contributed by atoms with Crippen LogP contribution in [0.3, 0.4) is 0 Å². The van der Waals surface area contributed by atoms with Crippen LogP contribution in [-0.2, 0) is 18.4 Å². The Hall–Kier alpha value is -1.63. The second-order valence-electron chi connectivity index (χ2n) is 4.77. The van der Waals surface area contributed by atoms with Crippen molar-refractivity contribution in [2.24, 2.45) is 7.05 Å². The van der Waals surface area contributed by atoms with Crippen molar-refractivity contribution < 1.29 is 4.79 Å². The van der Waals surface area contributed by atoms with Crippen molar-refractivity contribution in [3.63, 3.8) is 0 Å². The Bertz CT molecular complexity index is 643. The Morgan fingerprint density at radius 3 is 2.55 bits per heavy atom. The molecule has 0 atom stereocenters. The number of aromatic nitrogens is 4. The molecule has 0 unspecified atom stereocenters. The number of nitrogens with one attached hydrogen (secondary N) is 1. The first kappa shape index (κ1) is 14.8. The smallest absolute Gasteiger partial charge is 0.226 e. The molecule has 20 heavy (non-hydrogen) atoms. The number of amides is 1. The maximum Gasteiger partial charge on any atom is 0.226 e. The minimum absolute atomic E-state index is 0.0322. The number of hydrogen-bond donors (Lipinski definition) is 1. The molecule has 0 saturated heterocycles. The maximum atomic E-state index is 12.0. The van der Waals surface area contributed by atoms with Crippen molar-refractivity contribution in [2.45, 2.75) is 33.7 Å². The molecule has 0 saturated carbocycles. The van der Waals surface area contributed by atoms with Crippen LogP contribution in [0.1, 0.15) is 23.5 Å². The molecule has 1 N–H and O–H groups in total. The van der Waals surface area contributed by atoms with Crippen LogP contribution in [0.5, 0.6) is 0 Å². The van der Waals surface area contributed by atoms with Gasteiger partial charge in [-0.15, -0.1) is 0 Å². The molecule has 0 aliphatic heterocycles. The number of nitrogens with zero attached hydrogens (tertiary/aromatic N) is 4. The summed E-state index contributed by atoms with van der Waals surface area (Å²) < 4.78 is 4.53. The molecule has 0 aromatic carbocycles. The van der Waals surface area contributed by atoms with Crippen molar-refractivity contribution in [2.75, 3.05) is 5.32 Å². The van der Waals surface area contributed by atoms with Gasteiger partial charge in [-0.3, -0.25) is 14.2 Å². The van der Waals surface area contributed by atoms with Crippen LogP contribution in [0.4, 0.5) is 5.69 Å². The predicted molar refractivity (Wildman–Crippen MR) is 80.6 cm³/mol. The van der Waals surface area contributed by atoms with Crippen molar-refractivity contribution in [1.29, 1.82) is 0 Å². The normalized spacial score (nSPS) is 10.8. The van der Waals surface area contributed by atoms with E-state index in [2.05, 4.69) is 31.4 Å². The lowest BCUT2D eigenvalue weighted by molar-refractivity contribution is -0.116. The molecule has 0 aliphatic rings. The predicted octanol–water partition coefficient (Wildman–Crippen LogP) is 2.33. The zero-order valence-electron chi connectivity index (χ0n) is 12.1. The first-order valence-corrected chi connectivity index (χ1v) is 7.17. The number of halogens is 1. The summed E-state index contributed by atoms with van der Waals surface area (Å²) >= 11 is 3.40. The van der Waals surface area contributed by atoms with Crippen LogP contribution in [0, 0.1) is 20.8 Å². The van der Waals surface area contributed by atoms with Crippen molar-refractivity contribution >= 4 is 27.5 Å². The van der Waals surface area contributed by atoms with E-state index in [0.717, 1.165) is 27.2 Å². The summed E-state index contributed by atoms with van der Waals surface area (Å²) in [6.45, 7) is 6.34. The van der Waals surface area contributed by atoms with Crippen molar-refractivity contribution in [3.05, 3.63) is 27.8 Å². The highest BCUT2D eigenvalue weighted by molar-refractivity contribution is 9.10. The van der Waals surface area contributed by atoms with Crippen LogP contribution in [0.2, 0.25) is 0 Å². The third kappa shape index (κ3) is 2.92. The van der Waals surface area contributed by atoms with Gasteiger partial charge in [-0.1, -0.05) is 0 Å². The van der Waals surface area contributed by atoms with E-state index in [1.807, 2.05) is 32.5 Å². The van der Waals surface area contributed by atoms with Gasteiger partial charge in [0.25, 0.3) is 0 Å². The van der Waals surface area contributed by atoms with Gasteiger partial charge >= 0.3 is 0 Å². The van der Waals surface area contributed by atoms with Gasteiger partial charge in [0.05, 0.1) is 34.3 Å². The molecule has 6 nitrogen and oxygen atoms in total. The minimum atomic E-state index is -0.0322. The van der Waals surface area contributed by atoms with Crippen LogP contribution in [0.25, 0.3) is 0 Å². The fourth-order valence-electron chi connectivity index (χ4n) is 2.01. The van der Waals surface area contributed by atoms with Crippen LogP contribution >= 0.6 is 15.9 Å². The molecule has 0 bridgehead atoms. The maximum absolute atomic E-state index is 12.0. The van der Waals surface area contributed by atoms with Crippen LogP contribution in [0.15, 0.2) is 10.7 Å². The van der Waals surface area contributed by atoms with E-state index in [9.17, 15) is 4.79 Å². The van der Waals surface area contributed by atoms with E-state index in [1.54, 1.807) is 10.9 Å². The van der Waals surface area contributed by atoms with E-state index < -0.39 is 0 Å². The fraction of sp³-hybridized carbons (Fsp3) is 0.462. The third-order valence-corrected chi connectivity index (χ3v) is 4.15. The summed E-state index contributed by atoms with van der Waals surface area (Å²) in [6.07, 6.45) is 2.12. The highest BCUT2D eigenvalue weighted by Gasteiger charge is 2.13. The Labute approximate surface area is 126 Å². The van der Waals surface area contributed by atoms with Crippen LogP contribution < -0.4 is 5.32 Å². The Morgan fingerprint density at radius 1 is 1.35 bits per heavy atom. The Balaban J connectivity index is 1.98. The molecule has 2 aromatic heterocycles. The summed E-state index contributed by atoms with van der Waals surface area (Å²) in [5.74, 6) is -0.0322. The highest BCUT2D eigenvalue weighted by atomic mass is 79.9. The second kappa shape index (κ2) is 5.78. The molecule has 2 rings (SSSR count). The van der Waals surface area contributed by atoms with Gasteiger partial charge in [0.2, 0.25) is 5.91 Å². The molecule has 0 radical (unpaired) electrons. The number of carbonyl (C=O) groups excluding carboxylic acids is 1. The SMILES string of the molecule is Cc1nn(C)c(C)c1NC(=O)CCn1ncc(Br)c1C. The molecular weight excluding hydrogens is 322 g/mol. The van der Waals surface area contributed by atoms with E-state index in [-0.39, 0.29) is 5.91 Å². The van der Waals surface area contributed by atoms with Crippen molar-refractivity contribution in [1.82, 2.24) is 19.6 Å². The third-order valence-electron chi connectivity index (χ3n) is 3.37. The number of carbonyl (C=O) groups is 1. The average Bonchev–Trinajstić information content (AvgIpc) is 2.83. The lowest BCUT2D eigenvalue weighted by Crippen LogP contribution is -2.16. The van der Waals surface area contributed by atoms with Crippen molar-refractivity contribution in [3.8, 4) is 0 Å². The number of anilines is 1. The lowest BCUT2D eigenvalue weighted by Gasteiger charge is -2.07. The first-order valence-electron chi connectivity index (χ1n) is 6.38. The number of rotatable bonds is 4. The zero-order valence-corrected chi connectivity index (χ0v) is 13.7. The van der Waals surface area contributed by atoms with E-state index >= 15 is 0 Å². The molecular formula is C13H18BrN5O. The summed E-state index contributed by atoms with van der Waals surface area (Å²) in [7, 11) is 1.86. The quantitative estimate of drug-likeness (QED) is 0.929. The molecule has 2 aromatic rings. The van der Waals surface area contributed by atoms with E-state index in [1.165, 1.54) is 0 Å². The van der Waals surface area contributed by atoms with Gasteiger partial charge in [-0.25, -0.2) is 0 Å². The molecule has 0 fully saturated rings. The lowest BCUT2D eigenvalue weighted by atomic mass is 10.3. The van der Waals surface area contributed by atoms with E-state index in [4.69, 9.17) is 0 Å². The number of aryl methyl sites for hydroxylation is 3. The first-order chi connectivity index (χ1) is 9.40. The van der Waals surface area contributed by atoms with Gasteiger partial charge in [0.1, 0.15) is 0 Å². The number of hydrogen-bond acceptors (Lipinski definition) is 3. The molecule has 7 heteroatoms. The topological polar surface area (TPSA) is 64.7 Å². The molecule has 2 heterocycles. The summed E-state index contributed by atoms with van der Waals surface area (Å²) in [6, 6.07) is 0. The molecule has 1 amide bonds. The Kier molecular flexibility index (Phi) is 4.27. The van der Waals surface area contributed by atoms with Gasteiger partial charge < -0.3 is 5.32 Å².